The predicted molar refractivity (Wildman–Crippen MR) is 93.9 cm³/mol. The summed E-state index contributed by atoms with van der Waals surface area (Å²) in [7, 11) is -3.76. The fourth-order valence-electron chi connectivity index (χ4n) is 2.64. The van der Waals surface area contributed by atoms with E-state index in [1.165, 1.54) is 9.69 Å². The molecule has 1 amide bonds. The van der Waals surface area contributed by atoms with Crippen LogP contribution in [-0.2, 0) is 16.4 Å². The number of aromatic amines is 1. The SMILES string of the molecule is CCc1cc(C(=O)N2CCN(S(=O)(=O)c3cc(C(=O)O)cs3)CC2)n[nH]1. The molecule has 9 nitrogen and oxygen atoms in total. The standard InChI is InChI=1S/C15H18N4O5S2/c1-2-11-8-12(17-16-11)14(20)18-3-5-19(6-4-18)26(23,24)13-7-10(9-25-13)15(21)22/h7-9H,2-6H2,1H3,(H,16,17)(H,21,22). The van der Waals surface area contributed by atoms with Crippen molar-refractivity contribution in [1.82, 2.24) is 19.4 Å². The Balaban J connectivity index is 1.67. The molecule has 0 aliphatic carbocycles. The number of nitrogens with one attached hydrogen (secondary N) is 1. The van der Waals surface area contributed by atoms with Gasteiger partial charge in [-0.25, -0.2) is 13.2 Å². The molecule has 26 heavy (non-hydrogen) atoms. The number of carbonyl (C=O) groups excluding carboxylic acids is 1. The van der Waals surface area contributed by atoms with Gasteiger partial charge in [-0.3, -0.25) is 9.89 Å². The lowest BCUT2D eigenvalue weighted by Crippen LogP contribution is -2.50. The molecular formula is C15H18N4O5S2. The van der Waals surface area contributed by atoms with Crippen LogP contribution in [0.4, 0.5) is 0 Å². The van der Waals surface area contributed by atoms with Crippen LogP contribution in [-0.4, -0.2) is 71.0 Å². The van der Waals surface area contributed by atoms with Crippen molar-refractivity contribution >= 4 is 33.2 Å². The van der Waals surface area contributed by atoms with Gasteiger partial charge in [0.05, 0.1) is 5.56 Å². The van der Waals surface area contributed by atoms with Crippen LogP contribution in [0.1, 0.15) is 33.5 Å². The molecule has 0 bridgehead atoms. The Bertz CT molecular complexity index is 925. The zero-order valence-electron chi connectivity index (χ0n) is 14.0. The van der Waals surface area contributed by atoms with Crippen LogP contribution in [0, 0.1) is 0 Å². The van der Waals surface area contributed by atoms with E-state index in [0.29, 0.717) is 5.69 Å². The van der Waals surface area contributed by atoms with E-state index in [1.807, 2.05) is 6.92 Å². The summed E-state index contributed by atoms with van der Waals surface area (Å²) >= 11 is 0.883. The van der Waals surface area contributed by atoms with Gasteiger partial charge in [0.25, 0.3) is 15.9 Å². The van der Waals surface area contributed by atoms with Crippen molar-refractivity contribution < 1.29 is 23.1 Å². The number of piperazine rings is 1. The molecule has 0 radical (unpaired) electrons. The normalized spacial score (nSPS) is 16.0. The predicted octanol–water partition coefficient (Wildman–Crippen LogP) is 0.878. The minimum atomic E-state index is -3.76. The molecule has 2 N–H and O–H groups in total. The fourth-order valence-corrected chi connectivity index (χ4v) is 5.37. The van der Waals surface area contributed by atoms with Gasteiger partial charge in [0.2, 0.25) is 0 Å². The van der Waals surface area contributed by atoms with E-state index in [1.54, 1.807) is 11.0 Å². The molecule has 1 aliphatic rings. The monoisotopic (exact) mass is 398 g/mol. The number of rotatable bonds is 5. The van der Waals surface area contributed by atoms with Gasteiger partial charge < -0.3 is 10.0 Å². The Morgan fingerprint density at radius 1 is 1.27 bits per heavy atom. The summed E-state index contributed by atoms with van der Waals surface area (Å²) in [5.41, 5.74) is 1.14. The van der Waals surface area contributed by atoms with Crippen LogP contribution in [0.3, 0.4) is 0 Å². The van der Waals surface area contributed by atoms with Gasteiger partial charge >= 0.3 is 5.97 Å². The Morgan fingerprint density at radius 3 is 2.50 bits per heavy atom. The van der Waals surface area contributed by atoms with Crippen LogP contribution < -0.4 is 0 Å². The highest BCUT2D eigenvalue weighted by Crippen LogP contribution is 2.25. The number of hydrogen-bond acceptors (Lipinski definition) is 6. The van der Waals surface area contributed by atoms with E-state index in [4.69, 9.17) is 5.11 Å². The molecule has 0 saturated carbocycles. The molecule has 0 aromatic carbocycles. The molecule has 1 fully saturated rings. The Morgan fingerprint density at radius 2 is 1.96 bits per heavy atom. The lowest BCUT2D eigenvalue weighted by atomic mass is 10.2. The largest absolute Gasteiger partial charge is 0.478 e. The van der Waals surface area contributed by atoms with Gasteiger partial charge in [0.15, 0.2) is 0 Å². The van der Waals surface area contributed by atoms with E-state index >= 15 is 0 Å². The fraction of sp³-hybridized carbons (Fsp3) is 0.400. The first-order valence-corrected chi connectivity index (χ1v) is 10.3. The number of aromatic carboxylic acids is 1. The van der Waals surface area contributed by atoms with Gasteiger partial charge in [-0.2, -0.15) is 9.40 Å². The number of carboxylic acids is 1. The third kappa shape index (κ3) is 3.50. The molecule has 0 unspecified atom stereocenters. The summed E-state index contributed by atoms with van der Waals surface area (Å²) in [5.74, 6) is -1.40. The van der Waals surface area contributed by atoms with Gasteiger partial charge in [-0.05, 0) is 18.6 Å². The number of nitrogens with zero attached hydrogens (tertiary/aromatic N) is 3. The van der Waals surface area contributed by atoms with Crippen LogP contribution in [0.2, 0.25) is 0 Å². The van der Waals surface area contributed by atoms with Crippen molar-refractivity contribution in [2.45, 2.75) is 17.6 Å². The number of thiophene rings is 1. The summed E-state index contributed by atoms with van der Waals surface area (Å²) in [6, 6.07) is 2.86. The summed E-state index contributed by atoms with van der Waals surface area (Å²) in [6.45, 7) is 2.76. The zero-order chi connectivity index (χ0) is 18.9. The third-order valence-corrected chi connectivity index (χ3v) is 7.49. The summed E-state index contributed by atoms with van der Waals surface area (Å²) in [6.07, 6.45) is 0.742. The molecule has 1 saturated heterocycles. The van der Waals surface area contributed by atoms with Crippen molar-refractivity contribution in [3.05, 3.63) is 34.5 Å². The van der Waals surface area contributed by atoms with Gasteiger partial charge in [0.1, 0.15) is 9.90 Å². The van der Waals surface area contributed by atoms with E-state index in [-0.39, 0.29) is 41.9 Å². The number of hydrogen-bond donors (Lipinski definition) is 2. The first kappa shape index (κ1) is 18.5. The maximum Gasteiger partial charge on any atom is 0.336 e. The number of sulfonamides is 1. The topological polar surface area (TPSA) is 124 Å². The summed E-state index contributed by atoms with van der Waals surface area (Å²) < 4.78 is 26.5. The maximum absolute atomic E-state index is 12.6. The van der Waals surface area contributed by atoms with E-state index in [0.717, 1.165) is 29.5 Å². The second-order valence-corrected chi connectivity index (χ2v) is 8.86. The molecular weight excluding hydrogens is 380 g/mol. The highest BCUT2D eigenvalue weighted by atomic mass is 32.2. The van der Waals surface area contributed by atoms with Crippen LogP contribution >= 0.6 is 11.3 Å². The third-order valence-electron chi connectivity index (χ3n) is 4.17. The lowest BCUT2D eigenvalue weighted by Gasteiger charge is -2.33. The Labute approximate surface area is 154 Å². The highest BCUT2D eigenvalue weighted by molar-refractivity contribution is 7.91. The Hall–Kier alpha value is -2.24. The average molecular weight is 398 g/mol. The van der Waals surface area contributed by atoms with Crippen molar-refractivity contribution in [3.63, 3.8) is 0 Å². The molecule has 140 valence electrons. The average Bonchev–Trinajstić information content (AvgIpc) is 3.31. The van der Waals surface area contributed by atoms with E-state index in [9.17, 15) is 18.0 Å². The highest BCUT2D eigenvalue weighted by Gasteiger charge is 2.32. The number of carbonyl (C=O) groups is 2. The van der Waals surface area contributed by atoms with Crippen LogP contribution in [0.15, 0.2) is 21.7 Å². The summed E-state index contributed by atoms with van der Waals surface area (Å²) in [4.78, 5) is 25.0. The first-order valence-electron chi connectivity index (χ1n) is 7.98. The van der Waals surface area contributed by atoms with Crippen LogP contribution in [0.5, 0.6) is 0 Å². The molecule has 0 spiro atoms. The number of aromatic nitrogens is 2. The molecule has 1 aliphatic heterocycles. The Kier molecular flexibility index (Phi) is 5.12. The summed E-state index contributed by atoms with van der Waals surface area (Å²) in [5, 5.41) is 17.0. The van der Waals surface area contributed by atoms with Crippen molar-refractivity contribution in [1.29, 1.82) is 0 Å². The lowest BCUT2D eigenvalue weighted by molar-refractivity contribution is 0.0685. The smallest absolute Gasteiger partial charge is 0.336 e. The number of aryl methyl sites for hydroxylation is 1. The minimum Gasteiger partial charge on any atom is -0.478 e. The second kappa shape index (κ2) is 7.17. The minimum absolute atomic E-state index is 0.00503. The van der Waals surface area contributed by atoms with Gasteiger partial charge in [0, 0.05) is 37.3 Å². The molecule has 3 heterocycles. The van der Waals surface area contributed by atoms with Gasteiger partial charge in [-0.15, -0.1) is 11.3 Å². The number of H-pyrrole nitrogens is 1. The van der Waals surface area contributed by atoms with E-state index in [2.05, 4.69) is 10.2 Å². The van der Waals surface area contributed by atoms with Crippen molar-refractivity contribution in [3.8, 4) is 0 Å². The zero-order valence-corrected chi connectivity index (χ0v) is 15.6. The molecule has 3 rings (SSSR count). The maximum atomic E-state index is 12.6. The molecule has 2 aromatic heterocycles. The molecule has 0 atom stereocenters. The quantitative estimate of drug-likeness (QED) is 0.770. The second-order valence-electron chi connectivity index (χ2n) is 5.79. The van der Waals surface area contributed by atoms with E-state index < -0.39 is 16.0 Å². The molecule has 11 heteroatoms. The van der Waals surface area contributed by atoms with Crippen molar-refractivity contribution in [2.75, 3.05) is 26.2 Å². The van der Waals surface area contributed by atoms with Crippen molar-refractivity contribution in [2.24, 2.45) is 0 Å². The first-order chi connectivity index (χ1) is 12.3. The number of carboxylic acid groups (broad SMARTS) is 1. The number of amides is 1. The molecule has 2 aromatic rings. The van der Waals surface area contributed by atoms with Gasteiger partial charge in [-0.1, -0.05) is 6.92 Å². The van der Waals surface area contributed by atoms with Crippen LogP contribution in [0.25, 0.3) is 0 Å².